The van der Waals surface area contributed by atoms with Gasteiger partial charge in [-0.05, 0) is 53.2 Å². The number of ether oxygens (including phenoxy) is 1. The van der Waals surface area contributed by atoms with E-state index in [0.29, 0.717) is 21.5 Å². The molecule has 0 aliphatic heterocycles. The van der Waals surface area contributed by atoms with E-state index >= 15 is 0 Å². The first-order valence-corrected chi connectivity index (χ1v) is 5.83. The van der Waals surface area contributed by atoms with Crippen LogP contribution in [-0.2, 0) is 0 Å². The Morgan fingerprint density at radius 1 is 1.24 bits per heavy atom. The van der Waals surface area contributed by atoms with Crippen LogP contribution < -0.4 is 4.74 Å². The van der Waals surface area contributed by atoms with Crippen LogP contribution in [0.5, 0.6) is 11.5 Å². The number of hydrogen-bond acceptors (Lipinski definition) is 3. The van der Waals surface area contributed by atoms with Crippen molar-refractivity contribution in [1.29, 1.82) is 0 Å². The van der Waals surface area contributed by atoms with E-state index in [1.54, 1.807) is 24.4 Å². The second kappa shape index (κ2) is 5.10. The number of nitrogens with zero attached hydrogens (tertiary/aromatic N) is 1. The molecule has 0 aliphatic rings. The fourth-order valence-corrected chi connectivity index (χ4v) is 1.77. The van der Waals surface area contributed by atoms with Crippen molar-refractivity contribution in [2.24, 2.45) is 0 Å². The van der Waals surface area contributed by atoms with Gasteiger partial charge in [0.2, 0.25) is 0 Å². The predicted octanol–water partition coefficient (Wildman–Crippen LogP) is 3.76. The number of carbonyl (C=O) groups excluding carboxylic acids is 1. The van der Waals surface area contributed by atoms with E-state index in [1.165, 1.54) is 0 Å². The summed E-state index contributed by atoms with van der Waals surface area (Å²) in [5.41, 5.74) is 1.54. The number of pyridine rings is 1. The van der Waals surface area contributed by atoms with Gasteiger partial charge in [-0.2, -0.15) is 0 Å². The standard InChI is InChI=1S/C13H10BrNO2/c1-9-2-4-12(7-15-9)17-11-5-3-10(8-16)13(14)6-11/h2-8H,1H3. The highest BCUT2D eigenvalue weighted by atomic mass is 79.9. The SMILES string of the molecule is Cc1ccc(Oc2ccc(C=O)c(Br)c2)cn1. The Labute approximate surface area is 108 Å². The molecule has 0 bridgehead atoms. The molecule has 1 aromatic heterocycles. The molecular formula is C13H10BrNO2. The van der Waals surface area contributed by atoms with Gasteiger partial charge in [-0.25, -0.2) is 0 Å². The predicted molar refractivity (Wildman–Crippen MR) is 68.6 cm³/mol. The van der Waals surface area contributed by atoms with Gasteiger partial charge in [-0.1, -0.05) is 0 Å². The molecule has 0 N–H and O–H groups in total. The zero-order valence-corrected chi connectivity index (χ0v) is 10.8. The lowest BCUT2D eigenvalue weighted by Crippen LogP contribution is -1.88. The molecule has 17 heavy (non-hydrogen) atoms. The number of halogens is 1. The van der Waals surface area contributed by atoms with Crippen LogP contribution in [0.1, 0.15) is 16.1 Å². The van der Waals surface area contributed by atoms with Crippen molar-refractivity contribution in [3.8, 4) is 11.5 Å². The van der Waals surface area contributed by atoms with Gasteiger partial charge in [-0.3, -0.25) is 9.78 Å². The van der Waals surface area contributed by atoms with Gasteiger partial charge in [0.25, 0.3) is 0 Å². The zero-order chi connectivity index (χ0) is 12.3. The number of benzene rings is 1. The van der Waals surface area contributed by atoms with E-state index in [1.807, 2.05) is 19.1 Å². The largest absolute Gasteiger partial charge is 0.456 e. The third kappa shape index (κ3) is 2.91. The Kier molecular flexibility index (Phi) is 3.54. The second-order valence-electron chi connectivity index (χ2n) is 3.54. The average molecular weight is 292 g/mol. The van der Waals surface area contributed by atoms with Crippen molar-refractivity contribution in [3.05, 3.63) is 52.3 Å². The highest BCUT2D eigenvalue weighted by molar-refractivity contribution is 9.10. The van der Waals surface area contributed by atoms with Gasteiger partial charge in [0, 0.05) is 15.7 Å². The van der Waals surface area contributed by atoms with Crippen molar-refractivity contribution >= 4 is 22.2 Å². The minimum absolute atomic E-state index is 0.597. The lowest BCUT2D eigenvalue weighted by Gasteiger charge is -2.06. The normalized spacial score (nSPS) is 10.0. The minimum Gasteiger partial charge on any atom is -0.456 e. The van der Waals surface area contributed by atoms with E-state index in [0.717, 1.165) is 12.0 Å². The molecule has 0 saturated carbocycles. The molecule has 0 atom stereocenters. The zero-order valence-electron chi connectivity index (χ0n) is 9.18. The van der Waals surface area contributed by atoms with Gasteiger partial charge in [0.05, 0.1) is 6.20 Å². The van der Waals surface area contributed by atoms with Gasteiger partial charge in [0.15, 0.2) is 6.29 Å². The van der Waals surface area contributed by atoms with Crippen LogP contribution >= 0.6 is 15.9 Å². The molecule has 4 heteroatoms. The molecule has 86 valence electrons. The maximum atomic E-state index is 10.7. The molecule has 1 aromatic carbocycles. The molecule has 0 unspecified atom stereocenters. The molecule has 3 nitrogen and oxygen atoms in total. The quantitative estimate of drug-likeness (QED) is 0.809. The van der Waals surface area contributed by atoms with E-state index in [2.05, 4.69) is 20.9 Å². The molecular weight excluding hydrogens is 282 g/mol. The summed E-state index contributed by atoms with van der Waals surface area (Å²) < 4.78 is 6.32. The van der Waals surface area contributed by atoms with Crippen molar-refractivity contribution in [1.82, 2.24) is 4.98 Å². The first-order chi connectivity index (χ1) is 8.19. The number of aldehydes is 1. The third-order valence-corrected chi connectivity index (χ3v) is 2.91. The van der Waals surface area contributed by atoms with E-state index in [9.17, 15) is 4.79 Å². The fourth-order valence-electron chi connectivity index (χ4n) is 1.32. The molecule has 0 aliphatic carbocycles. The van der Waals surface area contributed by atoms with Gasteiger partial charge in [0.1, 0.15) is 11.5 Å². The van der Waals surface area contributed by atoms with Crippen LogP contribution in [0.15, 0.2) is 41.0 Å². The fraction of sp³-hybridized carbons (Fsp3) is 0.0769. The first-order valence-electron chi connectivity index (χ1n) is 5.04. The maximum absolute atomic E-state index is 10.7. The van der Waals surface area contributed by atoms with E-state index in [4.69, 9.17) is 4.74 Å². The van der Waals surface area contributed by atoms with Crippen molar-refractivity contribution < 1.29 is 9.53 Å². The first kappa shape index (κ1) is 11.8. The Balaban J connectivity index is 2.21. The molecule has 0 spiro atoms. The van der Waals surface area contributed by atoms with Crippen LogP contribution in [0.4, 0.5) is 0 Å². The summed E-state index contributed by atoms with van der Waals surface area (Å²) in [4.78, 5) is 14.8. The van der Waals surface area contributed by atoms with Crippen LogP contribution in [0.2, 0.25) is 0 Å². The van der Waals surface area contributed by atoms with Gasteiger partial charge < -0.3 is 4.74 Å². The molecule has 2 aromatic rings. The molecule has 1 heterocycles. The number of aromatic nitrogens is 1. The van der Waals surface area contributed by atoms with Gasteiger partial charge in [-0.15, -0.1) is 0 Å². The lowest BCUT2D eigenvalue weighted by molar-refractivity contribution is 0.112. The summed E-state index contributed by atoms with van der Waals surface area (Å²) in [7, 11) is 0. The maximum Gasteiger partial charge on any atom is 0.151 e. The smallest absolute Gasteiger partial charge is 0.151 e. The highest BCUT2D eigenvalue weighted by Gasteiger charge is 2.02. The lowest BCUT2D eigenvalue weighted by atomic mass is 10.2. The van der Waals surface area contributed by atoms with Crippen LogP contribution in [0.25, 0.3) is 0 Å². The summed E-state index contributed by atoms with van der Waals surface area (Å²) >= 11 is 3.31. The Bertz CT molecular complexity index is 538. The second-order valence-corrected chi connectivity index (χ2v) is 4.39. The van der Waals surface area contributed by atoms with Gasteiger partial charge >= 0.3 is 0 Å². The van der Waals surface area contributed by atoms with Crippen molar-refractivity contribution in [3.63, 3.8) is 0 Å². The van der Waals surface area contributed by atoms with Crippen molar-refractivity contribution in [2.75, 3.05) is 0 Å². The molecule has 0 saturated heterocycles. The summed E-state index contributed by atoms with van der Waals surface area (Å²) in [6, 6.07) is 8.93. The van der Waals surface area contributed by atoms with E-state index < -0.39 is 0 Å². The number of aryl methyl sites for hydroxylation is 1. The van der Waals surface area contributed by atoms with E-state index in [-0.39, 0.29) is 0 Å². The Morgan fingerprint density at radius 2 is 2.00 bits per heavy atom. The number of hydrogen-bond donors (Lipinski definition) is 0. The Morgan fingerprint density at radius 3 is 2.59 bits per heavy atom. The van der Waals surface area contributed by atoms with Crippen LogP contribution in [-0.4, -0.2) is 11.3 Å². The highest BCUT2D eigenvalue weighted by Crippen LogP contribution is 2.26. The summed E-state index contributed by atoms with van der Waals surface area (Å²) in [6.45, 7) is 1.92. The van der Waals surface area contributed by atoms with Crippen LogP contribution in [0, 0.1) is 6.92 Å². The molecule has 0 amide bonds. The monoisotopic (exact) mass is 291 g/mol. The summed E-state index contributed by atoms with van der Waals surface area (Å²) in [6.07, 6.45) is 2.46. The van der Waals surface area contributed by atoms with Crippen LogP contribution in [0.3, 0.4) is 0 Å². The summed E-state index contributed by atoms with van der Waals surface area (Å²) in [5, 5.41) is 0. The topological polar surface area (TPSA) is 39.2 Å². The summed E-state index contributed by atoms with van der Waals surface area (Å²) in [5.74, 6) is 1.33. The molecule has 2 rings (SSSR count). The average Bonchev–Trinajstić information content (AvgIpc) is 2.32. The van der Waals surface area contributed by atoms with Crippen molar-refractivity contribution in [2.45, 2.75) is 6.92 Å². The molecule has 0 fully saturated rings. The minimum atomic E-state index is 0.597. The number of carbonyl (C=O) groups is 1. The Hall–Kier alpha value is -1.68. The molecule has 0 radical (unpaired) electrons. The third-order valence-electron chi connectivity index (χ3n) is 2.22. The number of rotatable bonds is 3.